The lowest BCUT2D eigenvalue weighted by molar-refractivity contribution is -0.900. The lowest BCUT2D eigenvalue weighted by Gasteiger charge is -2.18. The first-order valence-electron chi connectivity index (χ1n) is 21.8. The van der Waals surface area contributed by atoms with Crippen molar-refractivity contribution in [3.8, 4) is 0 Å². The number of allylic oxidation sites excluding steroid dienone is 4. The average Bonchev–Trinajstić information content (AvgIpc) is 3.14. The van der Waals surface area contributed by atoms with Crippen molar-refractivity contribution in [1.29, 1.82) is 0 Å². The maximum absolute atomic E-state index is 12.1. The van der Waals surface area contributed by atoms with E-state index in [1.54, 1.807) is 0 Å². The molecule has 0 aromatic heterocycles. The van der Waals surface area contributed by atoms with Crippen LogP contribution in [0.3, 0.4) is 0 Å². The summed E-state index contributed by atoms with van der Waals surface area (Å²) in [4.78, 5) is 25.4. The summed E-state index contributed by atoms with van der Waals surface area (Å²) in [6.45, 7) is 7.04. The number of ether oxygens (including phenoxy) is 2. The number of hydrogen-bond donors (Lipinski definition) is 2. The Morgan fingerprint density at radius 3 is 1.13 bits per heavy atom. The van der Waals surface area contributed by atoms with Gasteiger partial charge in [0, 0.05) is 12.8 Å². The fraction of sp³-hybridized carbons (Fsp3) is 0.860. The molecule has 0 fully saturated rings. The Bertz CT molecular complexity index is 914. The molecule has 0 heterocycles. The van der Waals surface area contributed by atoms with Crippen LogP contribution in [0.5, 0.6) is 0 Å². The van der Waals surface area contributed by atoms with E-state index in [4.69, 9.17) is 9.47 Å². The second-order valence-electron chi connectivity index (χ2n) is 14.4. The van der Waals surface area contributed by atoms with Crippen LogP contribution in [0.4, 0.5) is 0 Å². The fourth-order valence-corrected chi connectivity index (χ4v) is 5.98. The highest BCUT2D eigenvalue weighted by atomic mass is 32.3. The van der Waals surface area contributed by atoms with Gasteiger partial charge in [-0.1, -0.05) is 141 Å². The Hall–Kier alpha value is -1.79. The third-order valence-corrected chi connectivity index (χ3v) is 9.80. The van der Waals surface area contributed by atoms with Crippen molar-refractivity contribution in [3.63, 3.8) is 0 Å². The second-order valence-corrected chi connectivity index (χ2v) is 15.6. The topological polar surface area (TPSA) is 144 Å². The third-order valence-electron chi connectivity index (χ3n) is 9.39. The van der Waals surface area contributed by atoms with Crippen LogP contribution in [0.2, 0.25) is 0 Å². The van der Waals surface area contributed by atoms with Crippen LogP contribution in [-0.4, -0.2) is 76.6 Å². The van der Waals surface area contributed by atoms with Crippen LogP contribution in [0, 0.1) is 0 Å². The van der Waals surface area contributed by atoms with E-state index in [1.807, 2.05) is 0 Å². The lowest BCUT2D eigenvalue weighted by Crippen LogP contribution is -3.13. The van der Waals surface area contributed by atoms with E-state index in [9.17, 15) is 27.7 Å². The largest absolute Gasteiger partial charge is 0.726 e. The van der Waals surface area contributed by atoms with Crippen LogP contribution in [0.1, 0.15) is 194 Å². The van der Waals surface area contributed by atoms with Gasteiger partial charge in [0.05, 0.1) is 13.7 Å². The maximum Gasteiger partial charge on any atom is 0.305 e. The van der Waals surface area contributed by atoms with E-state index in [0.29, 0.717) is 45.7 Å². The van der Waals surface area contributed by atoms with Gasteiger partial charge in [-0.2, -0.15) is 0 Å². The van der Waals surface area contributed by atoms with E-state index in [0.717, 1.165) is 37.7 Å². The van der Waals surface area contributed by atoms with Crippen molar-refractivity contribution in [1.82, 2.24) is 0 Å². The van der Waals surface area contributed by atoms with Gasteiger partial charge in [0.1, 0.15) is 32.8 Å². The Balaban J connectivity index is 0. The minimum absolute atomic E-state index is 0.0566. The summed E-state index contributed by atoms with van der Waals surface area (Å²) in [5, 5.41) is 9.41. The number of unbranched alkanes of at least 4 members (excludes halogenated alkanes) is 22. The quantitative estimate of drug-likeness (QED) is 0.0205. The fourth-order valence-electron chi connectivity index (χ4n) is 5.98. The van der Waals surface area contributed by atoms with E-state index in [1.165, 1.54) is 141 Å². The number of aliphatic hydroxyl groups is 1. The summed E-state index contributed by atoms with van der Waals surface area (Å²) in [6.07, 6.45) is 42.6. The smallest absolute Gasteiger partial charge is 0.305 e. The molecular formula is C43H83NO9S. The summed E-state index contributed by atoms with van der Waals surface area (Å²) < 4.78 is 41.9. The van der Waals surface area contributed by atoms with Crippen LogP contribution >= 0.6 is 0 Å². The molecule has 0 bridgehead atoms. The number of aliphatic hydroxyl groups excluding tert-OH is 1. The van der Waals surface area contributed by atoms with Crippen molar-refractivity contribution < 1.29 is 46.2 Å². The van der Waals surface area contributed by atoms with Crippen LogP contribution in [0.15, 0.2) is 24.3 Å². The standard InChI is InChI=1S/C42H79NO5.CH4O4S/c1-3-5-7-9-11-13-15-17-19-21-23-25-27-29-31-33-41(45)47-39-36-43(35-38-44)37-40-48-42(46)34-32-30-28-26-24-22-20-18-16-14-12-10-8-6-4-2;1-5-6(2,3)4/h17-20,44H,3-16,21-40H2,1-2H3;1H3,(H,2,3,4)/b19-17-,20-18-;. The highest BCUT2D eigenvalue weighted by Crippen LogP contribution is 2.12. The summed E-state index contributed by atoms with van der Waals surface area (Å²) in [7, 11) is -3.60. The number of rotatable bonds is 39. The normalized spacial score (nSPS) is 11.7. The molecule has 0 aromatic carbocycles. The molecule has 320 valence electrons. The van der Waals surface area contributed by atoms with E-state index in [-0.39, 0.29) is 18.5 Å². The van der Waals surface area contributed by atoms with Gasteiger partial charge in [-0.05, 0) is 64.2 Å². The molecule has 54 heavy (non-hydrogen) atoms. The first-order chi connectivity index (χ1) is 26.2. The highest BCUT2D eigenvalue weighted by Gasteiger charge is 2.12. The SMILES string of the molecule is CCCCCCCC/C=C\CCCCCCCC(=O)OCC[NH+](CCO)CCOC(=O)CCCCCCC/C=C\CCCCCCCC.COS(=O)(=O)[O-]. The number of hydrogen-bond acceptors (Lipinski definition) is 9. The Morgan fingerprint density at radius 1 is 0.537 bits per heavy atom. The molecule has 0 saturated carbocycles. The molecule has 0 rings (SSSR count). The highest BCUT2D eigenvalue weighted by molar-refractivity contribution is 7.80. The molecule has 0 aliphatic heterocycles. The molecule has 0 atom stereocenters. The van der Waals surface area contributed by atoms with E-state index < -0.39 is 10.4 Å². The maximum atomic E-state index is 12.1. The molecular weight excluding hydrogens is 707 g/mol. The van der Waals surface area contributed by atoms with Crippen LogP contribution in [0.25, 0.3) is 0 Å². The van der Waals surface area contributed by atoms with Crippen LogP contribution in [-0.2, 0) is 33.6 Å². The molecule has 2 N–H and O–H groups in total. The van der Waals surface area contributed by atoms with Gasteiger partial charge in [-0.25, -0.2) is 8.42 Å². The number of carbonyl (C=O) groups excluding carboxylic acids is 2. The third kappa shape index (κ3) is 48.2. The van der Waals surface area contributed by atoms with Crippen LogP contribution < -0.4 is 4.90 Å². The number of esters is 2. The molecule has 0 spiro atoms. The molecule has 0 amide bonds. The molecule has 0 aliphatic carbocycles. The Kier molecular flexibility index (Phi) is 44.2. The van der Waals surface area contributed by atoms with Gasteiger partial charge in [0.2, 0.25) is 10.4 Å². The van der Waals surface area contributed by atoms with E-state index >= 15 is 0 Å². The van der Waals surface area contributed by atoms with Crippen molar-refractivity contribution in [3.05, 3.63) is 24.3 Å². The summed E-state index contributed by atoms with van der Waals surface area (Å²) >= 11 is 0. The van der Waals surface area contributed by atoms with Crippen molar-refractivity contribution in [2.24, 2.45) is 0 Å². The van der Waals surface area contributed by atoms with Crippen molar-refractivity contribution in [2.45, 2.75) is 194 Å². The monoisotopic (exact) mass is 790 g/mol. The predicted molar refractivity (Wildman–Crippen MR) is 220 cm³/mol. The zero-order valence-electron chi connectivity index (χ0n) is 35.0. The predicted octanol–water partition coefficient (Wildman–Crippen LogP) is 9.12. The molecule has 11 heteroatoms. The second kappa shape index (κ2) is 43.9. The molecule has 0 aliphatic rings. The van der Waals surface area contributed by atoms with Crippen molar-refractivity contribution >= 4 is 22.3 Å². The first kappa shape index (κ1) is 54.3. The Morgan fingerprint density at radius 2 is 0.833 bits per heavy atom. The molecule has 0 unspecified atom stereocenters. The van der Waals surface area contributed by atoms with Gasteiger partial charge >= 0.3 is 11.9 Å². The molecule has 10 nitrogen and oxygen atoms in total. The number of quaternary nitrogens is 1. The summed E-state index contributed by atoms with van der Waals surface area (Å²) in [6, 6.07) is 0. The van der Waals surface area contributed by atoms with Gasteiger partial charge in [-0.3, -0.25) is 13.8 Å². The zero-order valence-corrected chi connectivity index (χ0v) is 35.8. The first-order valence-corrected chi connectivity index (χ1v) is 23.1. The van der Waals surface area contributed by atoms with Crippen molar-refractivity contribution in [2.75, 3.05) is 46.6 Å². The Labute approximate surface area is 332 Å². The number of carbonyl (C=O) groups is 2. The van der Waals surface area contributed by atoms with Gasteiger partial charge < -0.3 is 24.0 Å². The average molecular weight is 790 g/mol. The molecule has 0 aromatic rings. The van der Waals surface area contributed by atoms with Gasteiger partial charge in [-0.15, -0.1) is 0 Å². The van der Waals surface area contributed by atoms with Gasteiger partial charge in [0.15, 0.2) is 0 Å². The minimum atomic E-state index is -4.41. The van der Waals surface area contributed by atoms with Gasteiger partial charge in [0.25, 0.3) is 0 Å². The zero-order chi connectivity index (χ0) is 40.2. The number of nitrogens with one attached hydrogen (secondary N) is 1. The van der Waals surface area contributed by atoms with E-state index in [2.05, 4.69) is 42.3 Å². The molecule has 0 saturated heterocycles. The lowest BCUT2D eigenvalue weighted by atomic mass is 10.1. The molecule has 0 radical (unpaired) electrons. The minimum Gasteiger partial charge on any atom is -0.726 e. The summed E-state index contributed by atoms with van der Waals surface area (Å²) in [5.74, 6) is -0.273. The summed E-state index contributed by atoms with van der Waals surface area (Å²) in [5.41, 5.74) is 0.